The number of nitrogens with zero attached hydrogens (tertiary/aromatic N) is 6. The van der Waals surface area contributed by atoms with Gasteiger partial charge in [0.25, 0.3) is 0 Å². The highest BCUT2D eigenvalue weighted by atomic mass is 16.2. The summed E-state index contributed by atoms with van der Waals surface area (Å²) < 4.78 is 1.70. The van der Waals surface area contributed by atoms with Crippen LogP contribution >= 0.6 is 0 Å². The summed E-state index contributed by atoms with van der Waals surface area (Å²) in [5.41, 5.74) is 1.96. The smallest absolute Gasteiger partial charge is 0.227 e. The van der Waals surface area contributed by atoms with Crippen LogP contribution in [0.25, 0.3) is 5.69 Å². The lowest BCUT2D eigenvalue weighted by molar-refractivity contribution is -0.134. The van der Waals surface area contributed by atoms with Crippen molar-refractivity contribution < 1.29 is 4.79 Å². The lowest BCUT2D eigenvalue weighted by atomic mass is 10.00. The number of hydrogen-bond donors (Lipinski definition) is 0. The van der Waals surface area contributed by atoms with Crippen LogP contribution < -0.4 is 0 Å². The summed E-state index contributed by atoms with van der Waals surface area (Å²) in [6, 6.07) is 8.37. The molecule has 0 spiro atoms. The quantitative estimate of drug-likeness (QED) is 0.777. The van der Waals surface area contributed by atoms with Gasteiger partial charge in [-0.2, -0.15) is 4.68 Å². The number of piperidine rings is 1. The molecule has 0 bridgehead atoms. The molecular weight excluding hydrogens is 364 g/mol. The van der Waals surface area contributed by atoms with E-state index in [9.17, 15) is 4.79 Å². The van der Waals surface area contributed by atoms with Gasteiger partial charge in [0.15, 0.2) is 5.82 Å². The minimum absolute atomic E-state index is 0.260. The third-order valence-corrected chi connectivity index (χ3v) is 6.28. The molecule has 3 heterocycles. The Hall–Kier alpha value is -2.28. The molecule has 2 aliphatic heterocycles. The number of tetrazole rings is 1. The van der Waals surface area contributed by atoms with Crippen molar-refractivity contribution in [3.63, 3.8) is 0 Å². The normalized spacial score (nSPS) is 21.1. The lowest BCUT2D eigenvalue weighted by Crippen LogP contribution is -2.50. The highest BCUT2D eigenvalue weighted by Crippen LogP contribution is 2.21. The first-order valence-electron chi connectivity index (χ1n) is 11.1. The largest absolute Gasteiger partial charge is 0.338 e. The van der Waals surface area contributed by atoms with E-state index in [1.807, 2.05) is 31.2 Å². The maximum atomic E-state index is 13.1. The van der Waals surface area contributed by atoms with Crippen LogP contribution in [0.15, 0.2) is 24.3 Å². The van der Waals surface area contributed by atoms with Crippen molar-refractivity contribution in [3.05, 3.63) is 35.7 Å². The van der Waals surface area contributed by atoms with E-state index in [4.69, 9.17) is 0 Å². The van der Waals surface area contributed by atoms with Gasteiger partial charge in [0.1, 0.15) is 0 Å². The molecular formula is C22H32N6O. The summed E-state index contributed by atoms with van der Waals surface area (Å²) in [4.78, 5) is 17.9. The Labute approximate surface area is 173 Å². The van der Waals surface area contributed by atoms with Crippen molar-refractivity contribution in [2.75, 3.05) is 26.2 Å². The highest BCUT2D eigenvalue weighted by molar-refractivity contribution is 5.79. The van der Waals surface area contributed by atoms with Crippen LogP contribution in [0.5, 0.6) is 0 Å². The van der Waals surface area contributed by atoms with Gasteiger partial charge in [-0.3, -0.25) is 4.79 Å². The van der Waals surface area contributed by atoms with Gasteiger partial charge >= 0.3 is 0 Å². The van der Waals surface area contributed by atoms with E-state index in [0.29, 0.717) is 12.5 Å². The molecule has 1 aromatic carbocycles. The lowest BCUT2D eigenvalue weighted by Gasteiger charge is -2.38. The predicted molar refractivity (Wildman–Crippen MR) is 112 cm³/mol. The number of aryl methyl sites for hydroxylation is 1. The maximum Gasteiger partial charge on any atom is 0.227 e. The predicted octanol–water partition coefficient (Wildman–Crippen LogP) is 2.77. The molecule has 1 unspecified atom stereocenters. The number of amides is 1. The zero-order valence-corrected chi connectivity index (χ0v) is 17.5. The second kappa shape index (κ2) is 9.48. The molecule has 2 aliphatic rings. The number of carbonyl (C=O) groups excluding carboxylic acids is 1. The van der Waals surface area contributed by atoms with Crippen LogP contribution in [-0.2, 0) is 11.2 Å². The first-order chi connectivity index (χ1) is 14.2. The molecule has 0 aliphatic carbocycles. The van der Waals surface area contributed by atoms with Crippen LogP contribution in [0.1, 0.15) is 56.3 Å². The van der Waals surface area contributed by atoms with E-state index >= 15 is 0 Å². The van der Waals surface area contributed by atoms with Gasteiger partial charge in [-0.15, -0.1) is 5.10 Å². The van der Waals surface area contributed by atoms with E-state index < -0.39 is 0 Å². The van der Waals surface area contributed by atoms with Crippen LogP contribution in [0.2, 0.25) is 0 Å². The Morgan fingerprint density at radius 2 is 1.72 bits per heavy atom. The van der Waals surface area contributed by atoms with Gasteiger partial charge < -0.3 is 9.80 Å². The fraction of sp³-hybridized carbons (Fsp3) is 0.636. The minimum atomic E-state index is 0.260. The Kier molecular flexibility index (Phi) is 6.54. The Balaban J connectivity index is 1.38. The molecule has 7 heteroatoms. The van der Waals surface area contributed by atoms with E-state index in [1.165, 1.54) is 45.2 Å². The molecule has 29 heavy (non-hydrogen) atoms. The van der Waals surface area contributed by atoms with Crippen molar-refractivity contribution in [1.82, 2.24) is 30.0 Å². The minimum Gasteiger partial charge on any atom is -0.338 e. The maximum absolute atomic E-state index is 13.1. The summed E-state index contributed by atoms with van der Waals surface area (Å²) >= 11 is 0. The van der Waals surface area contributed by atoms with Gasteiger partial charge in [0.2, 0.25) is 5.91 Å². The average Bonchev–Trinajstić information content (AvgIpc) is 3.00. The molecule has 156 valence electrons. The molecule has 0 N–H and O–H groups in total. The molecule has 0 radical (unpaired) electrons. The third-order valence-electron chi connectivity index (χ3n) is 6.28. The first kappa shape index (κ1) is 20.0. The standard InChI is InChI=1S/C22H32N6O/c1-18-23-24-25-28(18)20-11-9-19(10-12-20)16-22(29)27-15-7-4-8-21(27)17-26-13-5-2-3-6-14-26/h9-12,21H,2-8,13-17H2,1H3. The monoisotopic (exact) mass is 396 g/mol. The van der Waals surface area contributed by atoms with Crippen LogP contribution in [0, 0.1) is 6.92 Å². The third kappa shape index (κ3) is 5.01. The van der Waals surface area contributed by atoms with Crippen molar-refractivity contribution >= 4 is 5.91 Å². The molecule has 7 nitrogen and oxygen atoms in total. The summed E-state index contributed by atoms with van der Waals surface area (Å²) in [6.07, 6.45) is 9.27. The van der Waals surface area contributed by atoms with Gasteiger partial charge in [-0.05, 0) is 80.2 Å². The van der Waals surface area contributed by atoms with E-state index in [2.05, 4.69) is 25.3 Å². The number of aromatic nitrogens is 4. The van der Waals surface area contributed by atoms with Crippen LogP contribution in [0.4, 0.5) is 0 Å². The van der Waals surface area contributed by atoms with E-state index in [0.717, 1.165) is 43.0 Å². The molecule has 1 aromatic heterocycles. The summed E-state index contributed by atoms with van der Waals surface area (Å²) in [6.45, 7) is 6.20. The SMILES string of the molecule is Cc1nnnn1-c1ccc(CC(=O)N2CCCCC2CN2CCCCCC2)cc1. The molecule has 4 rings (SSSR count). The Morgan fingerprint density at radius 3 is 2.41 bits per heavy atom. The Bertz CT molecular complexity index is 794. The second-order valence-corrected chi connectivity index (χ2v) is 8.43. The summed E-state index contributed by atoms with van der Waals surface area (Å²) in [5.74, 6) is 1.01. The van der Waals surface area contributed by atoms with Crippen molar-refractivity contribution in [1.29, 1.82) is 0 Å². The summed E-state index contributed by atoms with van der Waals surface area (Å²) in [5, 5.41) is 11.6. The fourth-order valence-electron chi connectivity index (χ4n) is 4.64. The first-order valence-corrected chi connectivity index (χ1v) is 11.1. The molecule has 2 aromatic rings. The van der Waals surface area contributed by atoms with Crippen LogP contribution in [-0.4, -0.2) is 68.1 Å². The number of rotatable bonds is 5. The van der Waals surface area contributed by atoms with E-state index in [1.54, 1.807) is 4.68 Å². The Morgan fingerprint density at radius 1 is 1.00 bits per heavy atom. The highest BCUT2D eigenvalue weighted by Gasteiger charge is 2.28. The topological polar surface area (TPSA) is 67.2 Å². The van der Waals surface area contributed by atoms with Crippen molar-refractivity contribution in [3.8, 4) is 5.69 Å². The van der Waals surface area contributed by atoms with Crippen molar-refractivity contribution in [2.24, 2.45) is 0 Å². The number of benzene rings is 1. The zero-order valence-electron chi connectivity index (χ0n) is 17.5. The molecule has 0 saturated carbocycles. The molecule has 1 atom stereocenters. The second-order valence-electron chi connectivity index (χ2n) is 8.43. The number of carbonyl (C=O) groups is 1. The fourth-order valence-corrected chi connectivity index (χ4v) is 4.64. The van der Waals surface area contributed by atoms with Gasteiger partial charge in [-0.25, -0.2) is 0 Å². The zero-order chi connectivity index (χ0) is 20.1. The average molecular weight is 397 g/mol. The van der Waals surface area contributed by atoms with E-state index in [-0.39, 0.29) is 5.91 Å². The molecule has 1 amide bonds. The van der Waals surface area contributed by atoms with Crippen molar-refractivity contribution in [2.45, 2.75) is 64.3 Å². The number of likely N-dealkylation sites (tertiary alicyclic amines) is 2. The van der Waals surface area contributed by atoms with Gasteiger partial charge in [0, 0.05) is 19.1 Å². The van der Waals surface area contributed by atoms with Gasteiger partial charge in [-0.1, -0.05) is 25.0 Å². The molecule has 2 saturated heterocycles. The van der Waals surface area contributed by atoms with Crippen LogP contribution in [0.3, 0.4) is 0 Å². The van der Waals surface area contributed by atoms with Gasteiger partial charge in [0.05, 0.1) is 12.1 Å². The molecule has 2 fully saturated rings. The number of hydrogen-bond acceptors (Lipinski definition) is 5. The summed E-state index contributed by atoms with van der Waals surface area (Å²) in [7, 11) is 0.